The molecule has 1 rings (SSSR count). The molecular weight excluding hydrogens is 228 g/mol. The summed E-state index contributed by atoms with van der Waals surface area (Å²) in [5.41, 5.74) is 1.40. The SMILES string of the molecule is CN(C)c1ccc(C(=O)NCC(C)(C)CO)cc1. The molecule has 0 saturated carbocycles. The van der Waals surface area contributed by atoms with Crippen molar-refractivity contribution in [2.24, 2.45) is 5.41 Å². The molecule has 1 aromatic rings. The van der Waals surface area contributed by atoms with Crippen LogP contribution in [-0.4, -0.2) is 38.3 Å². The highest BCUT2D eigenvalue weighted by Gasteiger charge is 2.17. The number of anilines is 1. The standard InChI is InChI=1S/C14H22N2O2/c1-14(2,10-17)9-15-13(18)11-5-7-12(8-6-11)16(3)4/h5-8,17H,9-10H2,1-4H3,(H,15,18). The van der Waals surface area contributed by atoms with Gasteiger partial charge in [-0.1, -0.05) is 13.8 Å². The van der Waals surface area contributed by atoms with Crippen molar-refractivity contribution < 1.29 is 9.90 Å². The Hall–Kier alpha value is -1.55. The fourth-order valence-electron chi connectivity index (χ4n) is 1.39. The van der Waals surface area contributed by atoms with Crippen LogP contribution in [0, 0.1) is 5.41 Å². The minimum Gasteiger partial charge on any atom is -0.396 e. The zero-order valence-electron chi connectivity index (χ0n) is 11.5. The second kappa shape index (κ2) is 5.87. The van der Waals surface area contributed by atoms with Crippen LogP contribution in [-0.2, 0) is 0 Å². The first kappa shape index (κ1) is 14.5. The molecule has 2 N–H and O–H groups in total. The van der Waals surface area contributed by atoms with Crippen LogP contribution < -0.4 is 10.2 Å². The van der Waals surface area contributed by atoms with Crippen LogP contribution in [0.3, 0.4) is 0 Å². The molecule has 1 amide bonds. The average molecular weight is 250 g/mol. The molecule has 4 nitrogen and oxygen atoms in total. The Morgan fingerprint density at radius 1 is 1.28 bits per heavy atom. The van der Waals surface area contributed by atoms with Crippen LogP contribution in [0.25, 0.3) is 0 Å². The fraction of sp³-hybridized carbons (Fsp3) is 0.500. The van der Waals surface area contributed by atoms with Crippen molar-refractivity contribution >= 4 is 11.6 Å². The minimum atomic E-state index is -0.292. The molecule has 0 heterocycles. The molecule has 0 aliphatic heterocycles. The Kier molecular flexibility index (Phi) is 4.73. The van der Waals surface area contributed by atoms with Crippen LogP contribution in [0.2, 0.25) is 0 Å². The number of aliphatic hydroxyl groups is 1. The Bertz CT molecular complexity index is 397. The smallest absolute Gasteiger partial charge is 0.251 e. The molecule has 18 heavy (non-hydrogen) atoms. The Morgan fingerprint density at radius 2 is 1.83 bits per heavy atom. The van der Waals surface area contributed by atoms with Crippen LogP contribution >= 0.6 is 0 Å². The van der Waals surface area contributed by atoms with Crippen molar-refractivity contribution in [2.45, 2.75) is 13.8 Å². The van der Waals surface area contributed by atoms with Crippen LogP contribution in [0.4, 0.5) is 5.69 Å². The molecule has 0 aromatic heterocycles. The zero-order chi connectivity index (χ0) is 13.8. The third-order valence-corrected chi connectivity index (χ3v) is 2.80. The van der Waals surface area contributed by atoms with Gasteiger partial charge in [0.25, 0.3) is 5.91 Å². The van der Waals surface area contributed by atoms with Gasteiger partial charge in [0.1, 0.15) is 0 Å². The first-order valence-corrected chi connectivity index (χ1v) is 6.02. The van der Waals surface area contributed by atoms with Crippen molar-refractivity contribution in [1.82, 2.24) is 5.32 Å². The predicted molar refractivity (Wildman–Crippen MR) is 74.0 cm³/mol. The number of carbonyl (C=O) groups is 1. The van der Waals surface area contributed by atoms with Gasteiger partial charge in [0.2, 0.25) is 0 Å². The van der Waals surface area contributed by atoms with E-state index in [0.717, 1.165) is 5.69 Å². The number of hydrogen-bond acceptors (Lipinski definition) is 3. The van der Waals surface area contributed by atoms with Crippen molar-refractivity contribution in [2.75, 3.05) is 32.1 Å². The molecule has 0 radical (unpaired) electrons. The molecule has 0 saturated heterocycles. The first-order chi connectivity index (χ1) is 8.35. The maximum atomic E-state index is 11.9. The summed E-state index contributed by atoms with van der Waals surface area (Å²) in [4.78, 5) is 13.9. The molecule has 0 spiro atoms. The molecule has 0 aliphatic carbocycles. The number of amides is 1. The van der Waals surface area contributed by atoms with E-state index >= 15 is 0 Å². The Balaban J connectivity index is 2.62. The summed E-state index contributed by atoms with van der Waals surface area (Å²) in [6.07, 6.45) is 0. The topological polar surface area (TPSA) is 52.6 Å². The predicted octanol–water partition coefficient (Wildman–Crippen LogP) is 1.50. The van der Waals surface area contributed by atoms with Gasteiger partial charge >= 0.3 is 0 Å². The van der Waals surface area contributed by atoms with Gasteiger partial charge in [0.05, 0.1) is 0 Å². The number of nitrogens with zero attached hydrogens (tertiary/aromatic N) is 1. The van der Waals surface area contributed by atoms with Crippen LogP contribution in [0.5, 0.6) is 0 Å². The lowest BCUT2D eigenvalue weighted by Crippen LogP contribution is -2.36. The lowest BCUT2D eigenvalue weighted by molar-refractivity contribution is 0.0911. The highest BCUT2D eigenvalue weighted by atomic mass is 16.3. The van der Waals surface area contributed by atoms with E-state index in [9.17, 15) is 4.79 Å². The highest BCUT2D eigenvalue weighted by molar-refractivity contribution is 5.94. The van der Waals surface area contributed by atoms with Crippen molar-refractivity contribution in [1.29, 1.82) is 0 Å². The fourth-order valence-corrected chi connectivity index (χ4v) is 1.39. The van der Waals surface area contributed by atoms with E-state index in [0.29, 0.717) is 12.1 Å². The maximum Gasteiger partial charge on any atom is 0.251 e. The highest BCUT2D eigenvalue weighted by Crippen LogP contribution is 2.14. The van der Waals surface area contributed by atoms with E-state index in [2.05, 4.69) is 5.32 Å². The number of rotatable bonds is 5. The molecule has 100 valence electrons. The van der Waals surface area contributed by atoms with Crippen LogP contribution in [0.15, 0.2) is 24.3 Å². The molecule has 0 aliphatic rings. The van der Waals surface area contributed by atoms with E-state index in [4.69, 9.17) is 5.11 Å². The number of carbonyl (C=O) groups excluding carboxylic acids is 1. The Labute approximate surface area is 109 Å². The molecule has 0 atom stereocenters. The van der Waals surface area contributed by atoms with Gasteiger partial charge < -0.3 is 15.3 Å². The van der Waals surface area contributed by atoms with Crippen molar-refractivity contribution in [3.8, 4) is 0 Å². The van der Waals surface area contributed by atoms with Crippen LogP contribution in [0.1, 0.15) is 24.2 Å². The van der Waals surface area contributed by atoms with E-state index in [1.54, 1.807) is 12.1 Å². The molecule has 1 aromatic carbocycles. The lowest BCUT2D eigenvalue weighted by Gasteiger charge is -2.21. The second-order valence-electron chi connectivity index (χ2n) is 5.45. The number of aliphatic hydroxyl groups excluding tert-OH is 1. The van der Waals surface area contributed by atoms with Crippen molar-refractivity contribution in [3.05, 3.63) is 29.8 Å². The number of hydrogen-bond donors (Lipinski definition) is 2. The molecule has 4 heteroatoms. The minimum absolute atomic E-state index is 0.0485. The summed E-state index contributed by atoms with van der Waals surface area (Å²) in [5.74, 6) is -0.109. The van der Waals surface area contributed by atoms with Gasteiger partial charge in [-0.2, -0.15) is 0 Å². The van der Waals surface area contributed by atoms with Gasteiger partial charge in [-0.3, -0.25) is 4.79 Å². The maximum absolute atomic E-state index is 11.9. The average Bonchev–Trinajstić information content (AvgIpc) is 2.36. The van der Waals surface area contributed by atoms with E-state index in [1.807, 2.05) is 45.0 Å². The first-order valence-electron chi connectivity index (χ1n) is 6.02. The van der Waals surface area contributed by atoms with E-state index in [-0.39, 0.29) is 17.9 Å². The monoisotopic (exact) mass is 250 g/mol. The normalized spacial score (nSPS) is 11.2. The summed E-state index contributed by atoms with van der Waals surface area (Å²) < 4.78 is 0. The van der Waals surface area contributed by atoms with E-state index in [1.165, 1.54) is 0 Å². The molecule has 0 unspecified atom stereocenters. The number of benzene rings is 1. The Morgan fingerprint density at radius 3 is 2.28 bits per heavy atom. The summed E-state index contributed by atoms with van der Waals surface area (Å²) in [5, 5.41) is 11.9. The summed E-state index contributed by atoms with van der Waals surface area (Å²) >= 11 is 0. The number of nitrogens with one attached hydrogen (secondary N) is 1. The van der Waals surface area contributed by atoms with E-state index < -0.39 is 0 Å². The molecule has 0 fully saturated rings. The summed E-state index contributed by atoms with van der Waals surface area (Å²) in [6, 6.07) is 7.42. The van der Waals surface area contributed by atoms with Gasteiger partial charge in [-0.05, 0) is 24.3 Å². The second-order valence-corrected chi connectivity index (χ2v) is 5.45. The zero-order valence-corrected chi connectivity index (χ0v) is 11.5. The van der Waals surface area contributed by atoms with Crippen molar-refractivity contribution in [3.63, 3.8) is 0 Å². The molecule has 0 bridgehead atoms. The third-order valence-electron chi connectivity index (χ3n) is 2.80. The molecular formula is C14H22N2O2. The summed E-state index contributed by atoms with van der Waals surface area (Å²) in [6.45, 7) is 4.31. The largest absolute Gasteiger partial charge is 0.396 e. The quantitative estimate of drug-likeness (QED) is 0.832. The van der Waals surface area contributed by atoms with Gasteiger partial charge in [0, 0.05) is 43.9 Å². The lowest BCUT2D eigenvalue weighted by atomic mass is 9.95. The van der Waals surface area contributed by atoms with Gasteiger partial charge in [-0.15, -0.1) is 0 Å². The van der Waals surface area contributed by atoms with Gasteiger partial charge in [0.15, 0.2) is 0 Å². The third kappa shape index (κ3) is 4.04. The summed E-state index contributed by atoms with van der Waals surface area (Å²) in [7, 11) is 3.91. The van der Waals surface area contributed by atoms with Gasteiger partial charge in [-0.25, -0.2) is 0 Å².